The number of rotatable bonds is 4. The van der Waals surface area contributed by atoms with Crippen LogP contribution in [-0.4, -0.2) is 27.2 Å². The number of aromatic nitrogens is 1. The average Bonchev–Trinajstić information content (AvgIpc) is 2.75. The average molecular weight is 237 g/mol. The lowest BCUT2D eigenvalue weighted by atomic mass is 10.0. The first-order valence-corrected chi connectivity index (χ1v) is 5.66. The molecule has 1 saturated carbocycles. The van der Waals surface area contributed by atoms with Gasteiger partial charge in [0, 0.05) is 12.6 Å². The van der Waals surface area contributed by atoms with Gasteiger partial charge in [-0.2, -0.15) is 0 Å². The highest BCUT2D eigenvalue weighted by molar-refractivity contribution is 5.40. The molecule has 0 spiro atoms. The van der Waals surface area contributed by atoms with E-state index in [1.807, 2.05) is 0 Å². The third-order valence-corrected chi connectivity index (χ3v) is 3.09. The molecule has 1 aromatic heterocycles. The Morgan fingerprint density at radius 2 is 2.18 bits per heavy atom. The van der Waals surface area contributed by atoms with Crippen molar-refractivity contribution in [3.8, 4) is 0 Å². The van der Waals surface area contributed by atoms with Crippen LogP contribution in [0.15, 0.2) is 18.3 Å². The molecule has 17 heavy (non-hydrogen) atoms. The van der Waals surface area contributed by atoms with Crippen molar-refractivity contribution in [2.24, 2.45) is 0 Å². The predicted molar refractivity (Wildman–Crippen MR) is 62.8 cm³/mol. The molecule has 1 fully saturated rings. The third-order valence-electron chi connectivity index (χ3n) is 3.09. The second kappa shape index (κ2) is 4.67. The van der Waals surface area contributed by atoms with Crippen molar-refractivity contribution in [2.45, 2.75) is 31.3 Å². The summed E-state index contributed by atoms with van der Waals surface area (Å²) in [4.78, 5) is 13.9. The van der Waals surface area contributed by atoms with Crippen LogP contribution in [0.3, 0.4) is 0 Å². The Morgan fingerprint density at radius 1 is 1.47 bits per heavy atom. The molecule has 92 valence electrons. The first kappa shape index (κ1) is 11.8. The Bertz CT molecular complexity index is 399. The molecule has 0 amide bonds. The van der Waals surface area contributed by atoms with Crippen molar-refractivity contribution in [1.29, 1.82) is 0 Å². The molecule has 0 radical (unpaired) electrons. The normalized spacial score (nSPS) is 17.9. The molecular formula is C11H15N3O3. The number of pyridine rings is 1. The molecule has 0 atom stereocenters. The number of nitro groups is 1. The Labute approximate surface area is 98.8 Å². The van der Waals surface area contributed by atoms with E-state index >= 15 is 0 Å². The van der Waals surface area contributed by atoms with Gasteiger partial charge in [0.1, 0.15) is 12.0 Å². The Morgan fingerprint density at radius 3 is 2.71 bits per heavy atom. The fourth-order valence-corrected chi connectivity index (χ4v) is 2.06. The van der Waals surface area contributed by atoms with Crippen molar-refractivity contribution < 1.29 is 10.0 Å². The molecule has 1 aromatic rings. The van der Waals surface area contributed by atoms with Crippen LogP contribution in [0.25, 0.3) is 0 Å². The number of hydrogen-bond donors (Lipinski definition) is 2. The summed E-state index contributed by atoms with van der Waals surface area (Å²) in [6.45, 7) is 0.442. The number of nitrogens with zero attached hydrogens (tertiary/aromatic N) is 2. The van der Waals surface area contributed by atoms with Gasteiger partial charge in [-0.25, -0.2) is 4.98 Å². The van der Waals surface area contributed by atoms with Crippen molar-refractivity contribution in [1.82, 2.24) is 4.98 Å². The second-order valence-corrected chi connectivity index (χ2v) is 4.44. The third kappa shape index (κ3) is 2.91. The number of hydrogen-bond acceptors (Lipinski definition) is 5. The highest BCUT2D eigenvalue weighted by atomic mass is 16.6. The molecule has 0 bridgehead atoms. The minimum absolute atomic E-state index is 0.0323. The van der Waals surface area contributed by atoms with E-state index in [0.717, 1.165) is 25.7 Å². The van der Waals surface area contributed by atoms with Crippen molar-refractivity contribution in [2.75, 3.05) is 11.9 Å². The maximum atomic E-state index is 10.4. The van der Waals surface area contributed by atoms with E-state index in [4.69, 9.17) is 0 Å². The fourth-order valence-electron chi connectivity index (χ4n) is 2.06. The van der Waals surface area contributed by atoms with Crippen LogP contribution < -0.4 is 5.32 Å². The van der Waals surface area contributed by atoms with Crippen molar-refractivity contribution in [3.63, 3.8) is 0 Å². The SMILES string of the molecule is O=[N+]([O-])c1ccc(NCC2(O)CCCC2)nc1. The van der Waals surface area contributed by atoms with Crippen LogP contribution in [0.1, 0.15) is 25.7 Å². The summed E-state index contributed by atoms with van der Waals surface area (Å²) in [7, 11) is 0. The summed E-state index contributed by atoms with van der Waals surface area (Å²) in [6.07, 6.45) is 4.90. The van der Waals surface area contributed by atoms with E-state index in [1.165, 1.54) is 12.3 Å². The molecule has 0 aromatic carbocycles. The Balaban J connectivity index is 1.93. The van der Waals surface area contributed by atoms with Gasteiger partial charge in [0.05, 0.1) is 10.5 Å². The van der Waals surface area contributed by atoms with Crippen LogP contribution in [0, 0.1) is 10.1 Å². The zero-order valence-corrected chi connectivity index (χ0v) is 9.43. The van der Waals surface area contributed by atoms with Gasteiger partial charge in [0.15, 0.2) is 0 Å². The van der Waals surface area contributed by atoms with Crippen molar-refractivity contribution >= 4 is 11.5 Å². The topological polar surface area (TPSA) is 88.3 Å². The summed E-state index contributed by atoms with van der Waals surface area (Å²) in [6, 6.07) is 2.95. The predicted octanol–water partition coefficient (Wildman–Crippen LogP) is 1.71. The van der Waals surface area contributed by atoms with E-state index in [2.05, 4.69) is 10.3 Å². The standard InChI is InChI=1S/C11H15N3O3/c15-11(5-1-2-6-11)8-13-10-4-3-9(7-12-10)14(16)17/h3-4,7,15H,1-2,5-6,8H2,(H,12,13). The molecule has 0 saturated heterocycles. The van der Waals surface area contributed by atoms with Crippen LogP contribution in [0.4, 0.5) is 11.5 Å². The number of aliphatic hydroxyl groups is 1. The second-order valence-electron chi connectivity index (χ2n) is 4.44. The molecular weight excluding hydrogens is 222 g/mol. The van der Waals surface area contributed by atoms with Crippen LogP contribution in [0.5, 0.6) is 0 Å². The van der Waals surface area contributed by atoms with Gasteiger partial charge >= 0.3 is 0 Å². The van der Waals surface area contributed by atoms with E-state index in [0.29, 0.717) is 12.4 Å². The lowest BCUT2D eigenvalue weighted by Gasteiger charge is -2.22. The summed E-state index contributed by atoms with van der Waals surface area (Å²) < 4.78 is 0. The van der Waals surface area contributed by atoms with Gasteiger partial charge in [-0.3, -0.25) is 10.1 Å². The van der Waals surface area contributed by atoms with Crippen LogP contribution in [0.2, 0.25) is 0 Å². The van der Waals surface area contributed by atoms with Gasteiger partial charge < -0.3 is 10.4 Å². The Hall–Kier alpha value is -1.69. The minimum Gasteiger partial charge on any atom is -0.388 e. The highest BCUT2D eigenvalue weighted by Crippen LogP contribution is 2.29. The summed E-state index contributed by atoms with van der Waals surface area (Å²) in [5, 5.41) is 23.5. The highest BCUT2D eigenvalue weighted by Gasteiger charge is 2.30. The van der Waals surface area contributed by atoms with Gasteiger partial charge in [-0.05, 0) is 18.9 Å². The molecule has 1 heterocycles. The molecule has 2 N–H and O–H groups in total. The van der Waals surface area contributed by atoms with Crippen LogP contribution >= 0.6 is 0 Å². The van der Waals surface area contributed by atoms with E-state index < -0.39 is 10.5 Å². The van der Waals surface area contributed by atoms with E-state index in [1.54, 1.807) is 6.07 Å². The molecule has 1 aliphatic rings. The summed E-state index contributed by atoms with van der Waals surface area (Å²) >= 11 is 0. The lowest BCUT2D eigenvalue weighted by Crippen LogP contribution is -2.33. The number of nitrogens with one attached hydrogen (secondary N) is 1. The molecule has 1 aliphatic carbocycles. The van der Waals surface area contributed by atoms with Gasteiger partial charge in [-0.15, -0.1) is 0 Å². The largest absolute Gasteiger partial charge is 0.388 e. The van der Waals surface area contributed by atoms with Gasteiger partial charge in [0.2, 0.25) is 0 Å². The minimum atomic E-state index is -0.649. The van der Waals surface area contributed by atoms with E-state index in [-0.39, 0.29) is 5.69 Å². The summed E-state index contributed by atoms with van der Waals surface area (Å²) in [5.41, 5.74) is -0.682. The fraction of sp³-hybridized carbons (Fsp3) is 0.545. The molecule has 6 nitrogen and oxygen atoms in total. The van der Waals surface area contributed by atoms with Gasteiger partial charge in [0.25, 0.3) is 5.69 Å². The first-order chi connectivity index (χ1) is 8.09. The monoisotopic (exact) mass is 237 g/mol. The van der Waals surface area contributed by atoms with Crippen LogP contribution in [-0.2, 0) is 0 Å². The molecule has 0 unspecified atom stereocenters. The Kier molecular flexibility index (Phi) is 3.23. The molecule has 6 heteroatoms. The molecule has 0 aliphatic heterocycles. The smallest absolute Gasteiger partial charge is 0.287 e. The van der Waals surface area contributed by atoms with Crippen molar-refractivity contribution in [3.05, 3.63) is 28.4 Å². The molecule has 2 rings (SSSR count). The van der Waals surface area contributed by atoms with E-state index in [9.17, 15) is 15.2 Å². The quantitative estimate of drug-likeness (QED) is 0.614. The number of anilines is 1. The zero-order valence-electron chi connectivity index (χ0n) is 9.43. The van der Waals surface area contributed by atoms with Gasteiger partial charge in [-0.1, -0.05) is 12.8 Å². The summed E-state index contributed by atoms with van der Waals surface area (Å²) in [5.74, 6) is 0.552. The zero-order chi connectivity index (χ0) is 12.3. The maximum Gasteiger partial charge on any atom is 0.287 e. The first-order valence-electron chi connectivity index (χ1n) is 5.66. The lowest BCUT2D eigenvalue weighted by molar-refractivity contribution is -0.385. The maximum absolute atomic E-state index is 10.4.